The quantitative estimate of drug-likeness (QED) is 0.172. The van der Waals surface area contributed by atoms with E-state index in [1.165, 1.54) is 17.0 Å². The number of ether oxygens (including phenoxy) is 1. The molecule has 2 amide bonds. The van der Waals surface area contributed by atoms with Crippen molar-refractivity contribution in [2.24, 2.45) is 5.92 Å². The molecular weight excluding hydrogens is 598 g/mol. The van der Waals surface area contributed by atoms with Crippen LogP contribution in [0.15, 0.2) is 114 Å². The fourth-order valence-corrected chi connectivity index (χ4v) is 6.54. The molecule has 0 saturated heterocycles. The van der Waals surface area contributed by atoms with E-state index in [0.29, 0.717) is 24.6 Å². The topological polar surface area (TPSA) is 96.0 Å². The van der Waals surface area contributed by atoms with Crippen molar-refractivity contribution in [1.29, 1.82) is 0 Å². The van der Waals surface area contributed by atoms with Crippen LogP contribution in [0.25, 0.3) is 0 Å². The molecule has 8 nitrogen and oxygen atoms in total. The fourth-order valence-electron chi connectivity index (χ4n) is 5.11. The molecule has 0 heterocycles. The number of carbonyl (C=O) groups is 2. The van der Waals surface area contributed by atoms with E-state index in [2.05, 4.69) is 5.32 Å². The number of hydrogen-bond acceptors (Lipinski definition) is 5. The molecule has 0 aliphatic heterocycles. The Morgan fingerprint density at radius 3 is 2.07 bits per heavy atom. The van der Waals surface area contributed by atoms with E-state index in [1.54, 1.807) is 42.5 Å². The lowest BCUT2D eigenvalue weighted by molar-refractivity contribution is -0.140. The molecule has 0 spiro atoms. The van der Waals surface area contributed by atoms with Gasteiger partial charge in [0.1, 0.15) is 18.3 Å². The average molecular weight is 642 g/mol. The first-order chi connectivity index (χ1) is 22.1. The molecule has 4 aromatic rings. The molecule has 0 aliphatic carbocycles. The van der Waals surface area contributed by atoms with Crippen molar-refractivity contribution < 1.29 is 22.7 Å². The Hall–Kier alpha value is -4.63. The van der Waals surface area contributed by atoms with Crippen LogP contribution in [0.4, 0.5) is 5.69 Å². The zero-order chi connectivity index (χ0) is 33.1. The van der Waals surface area contributed by atoms with Gasteiger partial charge in [-0.05, 0) is 67.3 Å². The van der Waals surface area contributed by atoms with Crippen molar-refractivity contribution in [3.05, 3.63) is 126 Å². The monoisotopic (exact) mass is 641 g/mol. The molecule has 46 heavy (non-hydrogen) atoms. The van der Waals surface area contributed by atoms with Gasteiger partial charge in [0, 0.05) is 19.5 Å². The molecular formula is C37H43N3O5S. The second-order valence-corrected chi connectivity index (χ2v) is 13.5. The van der Waals surface area contributed by atoms with Crippen molar-refractivity contribution in [1.82, 2.24) is 10.2 Å². The summed E-state index contributed by atoms with van der Waals surface area (Å²) in [6.07, 6.45) is 0.261. The Balaban J connectivity index is 1.79. The lowest BCUT2D eigenvalue weighted by Crippen LogP contribution is -2.53. The summed E-state index contributed by atoms with van der Waals surface area (Å²) in [7, 11) is -4.17. The summed E-state index contributed by atoms with van der Waals surface area (Å²) in [5, 5.41) is 3.02. The second-order valence-electron chi connectivity index (χ2n) is 11.6. The summed E-state index contributed by atoms with van der Waals surface area (Å²) in [4.78, 5) is 30.0. The molecule has 1 N–H and O–H groups in total. The van der Waals surface area contributed by atoms with Gasteiger partial charge in [-0.2, -0.15) is 0 Å². The van der Waals surface area contributed by atoms with Crippen molar-refractivity contribution in [3.8, 4) is 5.75 Å². The number of amides is 2. The van der Waals surface area contributed by atoms with Gasteiger partial charge in [-0.25, -0.2) is 8.42 Å². The Morgan fingerprint density at radius 1 is 0.826 bits per heavy atom. The highest BCUT2D eigenvalue weighted by Crippen LogP contribution is 2.27. The normalized spacial score (nSPS) is 11.9. The van der Waals surface area contributed by atoms with Crippen LogP contribution >= 0.6 is 0 Å². The molecule has 0 fully saturated rings. The minimum atomic E-state index is -4.17. The van der Waals surface area contributed by atoms with Gasteiger partial charge in [0.05, 0.1) is 17.2 Å². The fraction of sp³-hybridized carbons (Fsp3) is 0.297. The molecule has 4 rings (SSSR count). The first-order valence-corrected chi connectivity index (χ1v) is 17.0. The van der Waals surface area contributed by atoms with Crippen molar-refractivity contribution >= 4 is 27.5 Å². The molecule has 4 aromatic carbocycles. The van der Waals surface area contributed by atoms with Crippen LogP contribution in [0, 0.1) is 12.8 Å². The number of nitrogens with zero attached hydrogens (tertiary/aromatic N) is 2. The summed E-state index contributed by atoms with van der Waals surface area (Å²) in [6, 6.07) is 31.0. The summed E-state index contributed by atoms with van der Waals surface area (Å²) >= 11 is 0. The Morgan fingerprint density at radius 2 is 1.46 bits per heavy atom. The minimum absolute atomic E-state index is 0.0532. The highest BCUT2D eigenvalue weighted by atomic mass is 32.2. The predicted molar refractivity (Wildman–Crippen MR) is 182 cm³/mol. The van der Waals surface area contributed by atoms with E-state index in [-0.39, 0.29) is 29.7 Å². The predicted octanol–water partition coefficient (Wildman–Crippen LogP) is 6.00. The largest absolute Gasteiger partial charge is 0.494 e. The molecule has 242 valence electrons. The zero-order valence-electron chi connectivity index (χ0n) is 26.9. The Labute approximate surface area is 273 Å². The molecule has 0 saturated carbocycles. The Bertz CT molecular complexity index is 1680. The van der Waals surface area contributed by atoms with Crippen LogP contribution in [0.2, 0.25) is 0 Å². The SMILES string of the molecule is CCOc1ccc(N(CC(=O)N(Cc2cccc(C)c2)C(Cc2ccccc2)C(=O)NCC(C)C)S(=O)(=O)c2ccccc2)cc1. The second kappa shape index (κ2) is 16.1. The number of carbonyl (C=O) groups excluding carboxylic acids is 2. The first kappa shape index (κ1) is 34.2. The number of anilines is 1. The maximum absolute atomic E-state index is 14.6. The third-order valence-corrected chi connectivity index (χ3v) is 9.22. The van der Waals surface area contributed by atoms with Crippen molar-refractivity contribution in [2.45, 2.75) is 51.6 Å². The maximum Gasteiger partial charge on any atom is 0.264 e. The van der Waals surface area contributed by atoms with E-state index in [9.17, 15) is 18.0 Å². The number of aryl methyl sites for hydroxylation is 1. The molecule has 1 atom stereocenters. The molecule has 0 bridgehead atoms. The van der Waals surface area contributed by atoms with Crippen LogP contribution in [-0.4, -0.2) is 50.9 Å². The van der Waals surface area contributed by atoms with Gasteiger partial charge in [0.2, 0.25) is 11.8 Å². The summed E-state index contributed by atoms with van der Waals surface area (Å²) in [6.45, 7) is 8.35. The Kier molecular flexibility index (Phi) is 12.0. The minimum Gasteiger partial charge on any atom is -0.494 e. The number of benzene rings is 4. The van der Waals surface area contributed by atoms with E-state index >= 15 is 0 Å². The van der Waals surface area contributed by atoms with Crippen LogP contribution in [-0.2, 0) is 32.6 Å². The number of rotatable bonds is 15. The van der Waals surface area contributed by atoms with Crippen LogP contribution in [0.5, 0.6) is 5.75 Å². The number of hydrogen-bond donors (Lipinski definition) is 1. The van der Waals surface area contributed by atoms with Gasteiger partial charge in [-0.1, -0.05) is 92.2 Å². The molecule has 0 aliphatic rings. The van der Waals surface area contributed by atoms with Gasteiger partial charge in [-0.3, -0.25) is 13.9 Å². The standard InChI is InChI=1S/C37H43N3O5S/c1-5-45-33-21-19-32(20-22-33)40(46(43,44)34-17-10-7-11-18-34)27-36(41)39(26-31-16-12-13-29(4)23-31)35(37(42)38-25-28(2)3)24-30-14-8-6-9-15-30/h6-23,28,35H,5,24-27H2,1-4H3,(H,38,42). The third-order valence-electron chi connectivity index (χ3n) is 7.44. The van der Waals surface area contributed by atoms with E-state index in [0.717, 1.165) is 21.0 Å². The van der Waals surface area contributed by atoms with Crippen LogP contribution in [0.1, 0.15) is 37.5 Å². The maximum atomic E-state index is 14.6. The van der Waals surface area contributed by atoms with Crippen LogP contribution in [0.3, 0.4) is 0 Å². The van der Waals surface area contributed by atoms with Crippen molar-refractivity contribution in [3.63, 3.8) is 0 Å². The number of sulfonamides is 1. The average Bonchev–Trinajstić information content (AvgIpc) is 3.05. The van der Waals surface area contributed by atoms with Gasteiger partial charge in [-0.15, -0.1) is 0 Å². The smallest absolute Gasteiger partial charge is 0.264 e. The number of nitrogens with one attached hydrogen (secondary N) is 1. The lowest BCUT2D eigenvalue weighted by Gasteiger charge is -2.34. The van der Waals surface area contributed by atoms with Gasteiger partial charge in [0.25, 0.3) is 10.0 Å². The molecule has 0 aromatic heterocycles. The van der Waals surface area contributed by atoms with E-state index in [4.69, 9.17) is 4.74 Å². The van der Waals surface area contributed by atoms with Gasteiger partial charge < -0.3 is 15.0 Å². The summed E-state index contributed by atoms with van der Waals surface area (Å²) in [5.41, 5.74) is 3.03. The third kappa shape index (κ3) is 9.20. The van der Waals surface area contributed by atoms with Crippen molar-refractivity contribution in [2.75, 3.05) is 24.0 Å². The highest BCUT2D eigenvalue weighted by molar-refractivity contribution is 7.92. The van der Waals surface area contributed by atoms with E-state index in [1.807, 2.05) is 82.3 Å². The van der Waals surface area contributed by atoms with E-state index < -0.39 is 28.5 Å². The zero-order valence-corrected chi connectivity index (χ0v) is 27.7. The summed E-state index contributed by atoms with van der Waals surface area (Å²) < 4.78 is 34.9. The highest BCUT2D eigenvalue weighted by Gasteiger charge is 2.34. The van der Waals surface area contributed by atoms with Gasteiger partial charge >= 0.3 is 0 Å². The lowest BCUT2D eigenvalue weighted by atomic mass is 10.0. The summed E-state index contributed by atoms with van der Waals surface area (Å²) in [5.74, 6) is -0.0125. The molecule has 1 unspecified atom stereocenters. The molecule has 9 heteroatoms. The molecule has 0 radical (unpaired) electrons. The first-order valence-electron chi connectivity index (χ1n) is 15.6. The van der Waals surface area contributed by atoms with Crippen LogP contribution < -0.4 is 14.4 Å². The van der Waals surface area contributed by atoms with Gasteiger partial charge in [0.15, 0.2) is 0 Å².